The topological polar surface area (TPSA) is 165 Å². The summed E-state index contributed by atoms with van der Waals surface area (Å²) in [4.78, 5) is 60.6. The number of amides is 2. The summed E-state index contributed by atoms with van der Waals surface area (Å²) in [5.74, 6) is -2.27. The van der Waals surface area contributed by atoms with Gasteiger partial charge in [-0.05, 0) is 133 Å². The number of aliphatic imine (C=N–C) groups is 1. The van der Waals surface area contributed by atoms with Crippen LogP contribution in [0.4, 0.5) is 0 Å². The fourth-order valence-corrected chi connectivity index (χ4v) is 6.17. The quantitative estimate of drug-likeness (QED) is 0.237. The van der Waals surface area contributed by atoms with Crippen molar-refractivity contribution in [3.8, 4) is 0 Å². The number of aliphatic carboxylic acids is 2. The summed E-state index contributed by atoms with van der Waals surface area (Å²) in [6.45, 7) is 18.1. The highest BCUT2D eigenvalue weighted by Crippen LogP contribution is 2.32. The highest BCUT2D eigenvalue weighted by atomic mass is 16.4. The smallest absolute Gasteiger partial charge is 0.309 e. The van der Waals surface area contributed by atoms with Gasteiger partial charge in [0.2, 0.25) is 0 Å². The molecule has 0 spiro atoms. The van der Waals surface area contributed by atoms with E-state index in [4.69, 9.17) is 0 Å². The number of rotatable bonds is 11. The van der Waals surface area contributed by atoms with Crippen LogP contribution in [-0.2, 0) is 32.0 Å². The molecular weight excluding hydrogens is 596 g/mol. The van der Waals surface area contributed by atoms with Crippen molar-refractivity contribution in [3.63, 3.8) is 0 Å². The fraction of sp³-hybridized carbons (Fsp3) is 0.432. The number of nitrogens with one attached hydrogen (secondary N) is 3. The van der Waals surface area contributed by atoms with E-state index in [1.54, 1.807) is 41.5 Å². The molecule has 0 fully saturated rings. The zero-order valence-electron chi connectivity index (χ0n) is 29.0. The molecule has 0 unspecified atom stereocenters. The number of carbonyl (C=O) groups excluding carboxylic acids is 2. The van der Waals surface area contributed by atoms with Crippen LogP contribution in [-0.4, -0.2) is 49.6 Å². The highest BCUT2D eigenvalue weighted by molar-refractivity contribution is 6.30. The van der Waals surface area contributed by atoms with Crippen molar-refractivity contribution in [1.82, 2.24) is 15.3 Å². The third-order valence-electron chi connectivity index (χ3n) is 9.53. The Morgan fingerprint density at radius 3 is 1.85 bits per heavy atom. The molecule has 250 valence electrons. The molecular formula is C37H46N4O6. The number of carbonyl (C=O) groups is 4. The lowest BCUT2D eigenvalue weighted by atomic mass is 9.84. The molecule has 5 N–H and O–H groups in total. The minimum Gasteiger partial charge on any atom is -0.481 e. The lowest BCUT2D eigenvalue weighted by molar-refractivity contribution is -0.147. The summed E-state index contributed by atoms with van der Waals surface area (Å²) in [5, 5.41) is 24.4. The first-order chi connectivity index (χ1) is 21.8. The minimum atomic E-state index is -1.09. The van der Waals surface area contributed by atoms with Crippen molar-refractivity contribution in [2.75, 3.05) is 0 Å². The van der Waals surface area contributed by atoms with Gasteiger partial charge in [-0.2, -0.15) is 0 Å². The summed E-state index contributed by atoms with van der Waals surface area (Å²) < 4.78 is 0. The zero-order valence-corrected chi connectivity index (χ0v) is 29.0. The maximum atomic E-state index is 12.5. The van der Waals surface area contributed by atoms with Crippen LogP contribution in [0.1, 0.15) is 102 Å². The number of allylic oxidation sites excluding steroid dienone is 2. The van der Waals surface area contributed by atoms with E-state index in [1.165, 1.54) is 0 Å². The molecule has 2 aliphatic heterocycles. The SMILES string of the molecule is CCC1=C(C)C(=O)N=C1/C=c1/[nH]/c(=C\c2[nH]c(/C=C3\NC(=O)C(C)=C3CC)c(C)c2CC(C)(C)C(=O)O)c(CC(C)(C)C(=O)O)c1C. The van der Waals surface area contributed by atoms with Crippen LogP contribution in [0.15, 0.2) is 33.0 Å². The van der Waals surface area contributed by atoms with Crippen LogP contribution in [0.5, 0.6) is 0 Å². The van der Waals surface area contributed by atoms with Gasteiger partial charge in [-0.1, -0.05) is 13.8 Å². The molecule has 0 aromatic carbocycles. The summed E-state index contributed by atoms with van der Waals surface area (Å²) >= 11 is 0. The molecule has 0 aliphatic carbocycles. The van der Waals surface area contributed by atoms with Gasteiger partial charge in [-0.15, -0.1) is 0 Å². The Bertz CT molecular complexity index is 1960. The molecule has 0 saturated heterocycles. The van der Waals surface area contributed by atoms with Gasteiger partial charge in [0.05, 0.1) is 16.5 Å². The highest BCUT2D eigenvalue weighted by Gasteiger charge is 2.32. The fourth-order valence-electron chi connectivity index (χ4n) is 6.17. The van der Waals surface area contributed by atoms with E-state index >= 15 is 0 Å². The minimum absolute atomic E-state index is 0.141. The number of aromatic amines is 2. The Labute approximate surface area is 275 Å². The average Bonchev–Trinajstić information content (AvgIpc) is 3.62. The number of hydrogen-bond acceptors (Lipinski definition) is 4. The summed E-state index contributed by atoms with van der Waals surface area (Å²) in [7, 11) is 0. The van der Waals surface area contributed by atoms with Gasteiger partial charge in [-0.3, -0.25) is 19.2 Å². The van der Waals surface area contributed by atoms with E-state index in [1.807, 2.05) is 45.9 Å². The Morgan fingerprint density at radius 1 is 0.723 bits per heavy atom. The number of nitrogens with zero attached hydrogens (tertiary/aromatic N) is 1. The average molecular weight is 643 g/mol. The molecule has 47 heavy (non-hydrogen) atoms. The molecule has 4 heterocycles. The number of hydrogen-bond donors (Lipinski definition) is 5. The van der Waals surface area contributed by atoms with Gasteiger partial charge < -0.3 is 25.5 Å². The first-order valence-corrected chi connectivity index (χ1v) is 16.0. The van der Waals surface area contributed by atoms with Gasteiger partial charge in [0.1, 0.15) is 0 Å². The van der Waals surface area contributed by atoms with E-state index in [-0.39, 0.29) is 24.7 Å². The summed E-state index contributed by atoms with van der Waals surface area (Å²) in [6.07, 6.45) is 7.38. The lowest BCUT2D eigenvalue weighted by Gasteiger charge is -2.20. The van der Waals surface area contributed by atoms with E-state index in [9.17, 15) is 29.4 Å². The molecule has 0 saturated carbocycles. The van der Waals surface area contributed by atoms with Crippen molar-refractivity contribution >= 4 is 47.7 Å². The predicted octanol–water partition coefficient (Wildman–Crippen LogP) is 4.78. The monoisotopic (exact) mass is 642 g/mol. The van der Waals surface area contributed by atoms with E-state index in [0.717, 1.165) is 39.1 Å². The summed E-state index contributed by atoms with van der Waals surface area (Å²) in [6, 6.07) is 0. The number of carboxylic acid groups (broad SMARTS) is 2. The van der Waals surface area contributed by atoms with Crippen LogP contribution in [0.2, 0.25) is 0 Å². The van der Waals surface area contributed by atoms with Crippen LogP contribution < -0.4 is 16.0 Å². The second-order valence-electron chi connectivity index (χ2n) is 13.9. The van der Waals surface area contributed by atoms with Gasteiger partial charge in [0.25, 0.3) is 11.8 Å². The second-order valence-corrected chi connectivity index (χ2v) is 13.9. The van der Waals surface area contributed by atoms with Gasteiger partial charge in [0.15, 0.2) is 0 Å². The molecule has 0 atom stereocenters. The molecule has 10 nitrogen and oxygen atoms in total. The molecule has 10 heteroatoms. The van der Waals surface area contributed by atoms with E-state index in [0.29, 0.717) is 51.8 Å². The van der Waals surface area contributed by atoms with E-state index < -0.39 is 22.8 Å². The first-order valence-electron chi connectivity index (χ1n) is 16.0. The van der Waals surface area contributed by atoms with Crippen molar-refractivity contribution < 1.29 is 29.4 Å². The van der Waals surface area contributed by atoms with Crippen LogP contribution in [0, 0.1) is 24.7 Å². The zero-order chi connectivity index (χ0) is 35.2. The van der Waals surface area contributed by atoms with Crippen molar-refractivity contribution in [3.05, 3.63) is 72.3 Å². The standard InChI is InChI=1S/C37H46N4O6/c1-11-22-20(5)32(42)40-28(22)13-26-18(3)24(16-36(7,8)34(44)45)30(38-26)15-31-25(17-37(9,10)35(46)47)19(4)27(39-31)14-29-23(12-2)21(6)33(43)41-29/h13-15,38-39H,11-12,16-17H2,1-10H3,(H,40,42)(H,44,45)(H,46,47)/b27-14+,28-13-,31-15-. The largest absolute Gasteiger partial charge is 0.481 e. The van der Waals surface area contributed by atoms with Crippen LogP contribution in [0.25, 0.3) is 18.2 Å². The molecule has 0 radical (unpaired) electrons. The maximum Gasteiger partial charge on any atom is 0.309 e. The Balaban J connectivity index is 2.02. The number of H-pyrrole nitrogens is 2. The lowest BCUT2D eigenvalue weighted by Crippen LogP contribution is -2.29. The maximum absolute atomic E-state index is 12.5. The second kappa shape index (κ2) is 12.8. The first kappa shape index (κ1) is 35.1. The van der Waals surface area contributed by atoms with Crippen molar-refractivity contribution in [1.29, 1.82) is 0 Å². The molecule has 2 amide bonds. The predicted molar refractivity (Wildman–Crippen MR) is 183 cm³/mol. The van der Waals surface area contributed by atoms with Crippen LogP contribution >= 0.6 is 0 Å². The third-order valence-corrected chi connectivity index (χ3v) is 9.53. The van der Waals surface area contributed by atoms with Gasteiger partial charge >= 0.3 is 11.9 Å². The normalized spacial score (nSPS) is 17.5. The molecule has 2 aromatic heterocycles. The molecule has 2 aliphatic rings. The van der Waals surface area contributed by atoms with Crippen molar-refractivity contribution in [2.24, 2.45) is 15.8 Å². The number of aromatic nitrogens is 2. The van der Waals surface area contributed by atoms with Gasteiger partial charge in [0, 0.05) is 38.9 Å². The summed E-state index contributed by atoms with van der Waals surface area (Å²) in [5.41, 5.74) is 6.86. The molecule has 0 bridgehead atoms. The van der Waals surface area contributed by atoms with Crippen LogP contribution in [0.3, 0.4) is 0 Å². The Hall–Kier alpha value is -4.73. The molecule has 4 rings (SSSR count). The Kier molecular flexibility index (Phi) is 9.58. The Morgan fingerprint density at radius 2 is 1.30 bits per heavy atom. The van der Waals surface area contributed by atoms with Crippen molar-refractivity contribution in [2.45, 2.75) is 94.9 Å². The third kappa shape index (κ3) is 6.73. The number of carboxylic acids is 2. The van der Waals surface area contributed by atoms with E-state index in [2.05, 4.69) is 20.3 Å². The van der Waals surface area contributed by atoms with Gasteiger partial charge in [-0.25, -0.2) is 4.99 Å². The molecule has 2 aromatic rings.